The molecule has 2 aromatic carbocycles. The third-order valence-electron chi connectivity index (χ3n) is 4.18. The molecule has 0 spiro atoms. The predicted octanol–water partition coefficient (Wildman–Crippen LogP) is 4.62. The van der Waals surface area contributed by atoms with Crippen molar-refractivity contribution in [1.29, 1.82) is 0 Å². The molecule has 1 heterocycles. The maximum absolute atomic E-state index is 12.5. The molecule has 0 saturated carbocycles. The lowest BCUT2D eigenvalue weighted by Gasteiger charge is -2.09. The number of non-ortho nitro benzene ring substituents is 1. The van der Waals surface area contributed by atoms with Gasteiger partial charge >= 0.3 is 11.9 Å². The van der Waals surface area contributed by atoms with Crippen molar-refractivity contribution in [2.45, 2.75) is 13.8 Å². The van der Waals surface area contributed by atoms with Crippen molar-refractivity contribution in [2.24, 2.45) is 0 Å². The molecule has 0 unspecified atom stereocenters. The first kappa shape index (κ1) is 21.2. The van der Waals surface area contributed by atoms with E-state index in [2.05, 4.69) is 15.9 Å². The maximum atomic E-state index is 12.5. The normalized spacial score (nSPS) is 10.6. The van der Waals surface area contributed by atoms with Crippen LogP contribution < -0.4 is 4.74 Å². The summed E-state index contributed by atoms with van der Waals surface area (Å²) in [6.07, 6.45) is 0.403. The molecular weight excluding hydrogens is 462 g/mol. The highest BCUT2D eigenvalue weighted by molar-refractivity contribution is 9.10. The second-order valence-corrected chi connectivity index (χ2v) is 6.88. The van der Waals surface area contributed by atoms with Crippen LogP contribution in [-0.4, -0.2) is 29.8 Å². The van der Waals surface area contributed by atoms with Crippen molar-refractivity contribution in [2.75, 3.05) is 6.61 Å². The molecule has 30 heavy (non-hydrogen) atoms. The van der Waals surface area contributed by atoms with E-state index in [-0.39, 0.29) is 50.4 Å². The smallest absolute Gasteiger partial charge is 0.343 e. The second-order valence-electron chi connectivity index (χ2n) is 6.08. The molecule has 3 rings (SSSR count). The molecule has 1 aromatic heterocycles. The number of rotatable bonds is 6. The van der Waals surface area contributed by atoms with Crippen molar-refractivity contribution in [3.05, 3.63) is 67.4 Å². The molecule has 154 valence electrons. The summed E-state index contributed by atoms with van der Waals surface area (Å²) >= 11 is 3.31. The summed E-state index contributed by atoms with van der Waals surface area (Å²) in [6.45, 7) is 3.37. The Morgan fingerprint density at radius 2 is 1.90 bits per heavy atom. The number of ether oxygens (including phenoxy) is 2. The van der Waals surface area contributed by atoms with E-state index in [1.54, 1.807) is 13.8 Å². The Balaban J connectivity index is 2.06. The fourth-order valence-corrected chi connectivity index (χ4v) is 3.40. The summed E-state index contributed by atoms with van der Waals surface area (Å²) < 4.78 is 16.2. The highest BCUT2D eigenvalue weighted by Gasteiger charge is 2.27. The van der Waals surface area contributed by atoms with Crippen molar-refractivity contribution >= 4 is 50.8 Å². The Bertz CT molecular complexity index is 1180. The minimum Gasteiger partial charge on any atom is -0.462 e. The van der Waals surface area contributed by atoms with E-state index in [9.17, 15) is 24.5 Å². The van der Waals surface area contributed by atoms with Gasteiger partial charge in [-0.3, -0.25) is 14.9 Å². The van der Waals surface area contributed by atoms with Crippen molar-refractivity contribution < 1.29 is 33.2 Å². The number of benzene rings is 2. The van der Waals surface area contributed by atoms with Gasteiger partial charge in [0.15, 0.2) is 12.0 Å². The Kier molecular flexibility index (Phi) is 5.97. The number of furan rings is 1. The Labute approximate surface area is 177 Å². The van der Waals surface area contributed by atoms with Crippen LogP contribution in [0.2, 0.25) is 0 Å². The zero-order valence-electron chi connectivity index (χ0n) is 15.8. The average molecular weight is 476 g/mol. The highest BCUT2D eigenvalue weighted by atomic mass is 79.9. The molecule has 0 fully saturated rings. The molecular formula is C20H14BrNO8. The van der Waals surface area contributed by atoms with E-state index in [0.717, 1.165) is 0 Å². The number of esters is 2. The monoisotopic (exact) mass is 475 g/mol. The number of fused-ring (bicyclic) bond motifs is 1. The lowest BCUT2D eigenvalue weighted by molar-refractivity contribution is -0.384. The van der Waals surface area contributed by atoms with Crippen LogP contribution in [0.15, 0.2) is 39.2 Å². The lowest BCUT2D eigenvalue weighted by atomic mass is 10.1. The molecule has 0 atom stereocenters. The number of halogens is 1. The number of carbonyl (C=O) groups is 3. The highest BCUT2D eigenvalue weighted by Crippen LogP contribution is 2.40. The van der Waals surface area contributed by atoms with Crippen molar-refractivity contribution in [3.63, 3.8) is 0 Å². The molecule has 10 heteroatoms. The number of nitro groups is 1. The van der Waals surface area contributed by atoms with Crippen LogP contribution in [0.3, 0.4) is 0 Å². The standard InChI is InChI=1S/C20H14BrNO8/c1-3-28-20(25)15-14(9-23)29-18-10(2)8-13(17(21)16(15)18)30-19(24)11-4-6-12(7-5-11)22(26)27/h4-9H,3H2,1-2H3. The zero-order chi connectivity index (χ0) is 22.0. The van der Waals surface area contributed by atoms with E-state index in [1.807, 2.05) is 0 Å². The number of nitrogens with zero attached hydrogens (tertiary/aromatic N) is 1. The zero-order valence-corrected chi connectivity index (χ0v) is 17.3. The summed E-state index contributed by atoms with van der Waals surface area (Å²) in [5.41, 5.74) is 0.631. The summed E-state index contributed by atoms with van der Waals surface area (Å²) in [7, 11) is 0. The minimum atomic E-state index is -0.763. The molecule has 0 aliphatic heterocycles. The van der Waals surface area contributed by atoms with Gasteiger partial charge in [-0.15, -0.1) is 0 Å². The minimum absolute atomic E-state index is 0.0761. The Morgan fingerprint density at radius 3 is 2.47 bits per heavy atom. The van der Waals surface area contributed by atoms with Gasteiger partial charge in [0.05, 0.1) is 27.0 Å². The van der Waals surface area contributed by atoms with Crippen molar-refractivity contribution in [1.82, 2.24) is 0 Å². The first-order valence-electron chi connectivity index (χ1n) is 8.63. The first-order chi connectivity index (χ1) is 14.3. The molecule has 0 N–H and O–H groups in total. The van der Waals surface area contributed by atoms with E-state index < -0.39 is 16.9 Å². The van der Waals surface area contributed by atoms with Gasteiger partial charge in [0.25, 0.3) is 5.69 Å². The number of hydrogen-bond acceptors (Lipinski definition) is 8. The lowest BCUT2D eigenvalue weighted by Crippen LogP contribution is -2.10. The van der Waals surface area contributed by atoms with Crippen LogP contribution in [0.1, 0.15) is 43.8 Å². The fourth-order valence-electron chi connectivity index (χ4n) is 2.83. The van der Waals surface area contributed by atoms with Crippen LogP contribution in [0, 0.1) is 17.0 Å². The third kappa shape index (κ3) is 3.81. The first-order valence-corrected chi connectivity index (χ1v) is 9.42. The maximum Gasteiger partial charge on any atom is 0.343 e. The fraction of sp³-hybridized carbons (Fsp3) is 0.150. The number of aldehydes is 1. The summed E-state index contributed by atoms with van der Waals surface area (Å²) in [5, 5.41) is 11.0. The van der Waals surface area contributed by atoms with Crippen LogP contribution in [0.25, 0.3) is 11.0 Å². The van der Waals surface area contributed by atoms with E-state index in [1.165, 1.54) is 30.3 Å². The number of hydrogen-bond donors (Lipinski definition) is 0. The second kappa shape index (κ2) is 8.46. The summed E-state index contributed by atoms with van der Waals surface area (Å²) in [5.74, 6) is -1.64. The molecule has 0 aliphatic carbocycles. The van der Waals surface area contributed by atoms with Gasteiger partial charge in [-0.05, 0) is 53.5 Å². The van der Waals surface area contributed by atoms with Gasteiger partial charge in [-0.1, -0.05) is 0 Å². The van der Waals surface area contributed by atoms with Gasteiger partial charge < -0.3 is 13.9 Å². The topological polar surface area (TPSA) is 126 Å². The quantitative estimate of drug-likeness (QED) is 0.166. The van der Waals surface area contributed by atoms with Crippen LogP contribution >= 0.6 is 15.9 Å². The molecule has 0 radical (unpaired) electrons. The van der Waals surface area contributed by atoms with Gasteiger partial charge in [0.1, 0.15) is 16.9 Å². The van der Waals surface area contributed by atoms with Gasteiger partial charge in [-0.25, -0.2) is 9.59 Å². The van der Waals surface area contributed by atoms with Crippen LogP contribution in [-0.2, 0) is 4.74 Å². The summed E-state index contributed by atoms with van der Waals surface area (Å²) in [4.78, 5) is 46.4. The average Bonchev–Trinajstić information content (AvgIpc) is 3.12. The molecule has 0 bridgehead atoms. The van der Waals surface area contributed by atoms with E-state index in [0.29, 0.717) is 11.8 Å². The number of nitro benzene ring substituents is 1. The Morgan fingerprint density at radius 1 is 1.23 bits per heavy atom. The van der Waals surface area contributed by atoms with Gasteiger partial charge in [0.2, 0.25) is 0 Å². The number of aryl methyl sites for hydroxylation is 1. The van der Waals surface area contributed by atoms with Crippen molar-refractivity contribution in [3.8, 4) is 5.75 Å². The van der Waals surface area contributed by atoms with Gasteiger partial charge in [-0.2, -0.15) is 0 Å². The SMILES string of the molecule is CCOC(=O)c1c(C=O)oc2c(C)cc(OC(=O)c3ccc([N+](=O)[O-])cc3)c(Br)c12. The molecule has 0 aliphatic rings. The predicted molar refractivity (Wildman–Crippen MR) is 108 cm³/mol. The molecule has 0 amide bonds. The van der Waals surface area contributed by atoms with E-state index >= 15 is 0 Å². The molecule has 0 saturated heterocycles. The van der Waals surface area contributed by atoms with Gasteiger partial charge in [0, 0.05) is 12.1 Å². The summed E-state index contributed by atoms with van der Waals surface area (Å²) in [6, 6.07) is 6.41. The third-order valence-corrected chi connectivity index (χ3v) is 4.97. The van der Waals surface area contributed by atoms with Crippen LogP contribution in [0.5, 0.6) is 5.75 Å². The Hall–Kier alpha value is -3.53. The largest absolute Gasteiger partial charge is 0.462 e. The van der Waals surface area contributed by atoms with E-state index in [4.69, 9.17) is 13.9 Å². The number of carbonyl (C=O) groups excluding carboxylic acids is 3. The molecule has 3 aromatic rings. The van der Waals surface area contributed by atoms with Crippen LogP contribution in [0.4, 0.5) is 5.69 Å². The molecule has 9 nitrogen and oxygen atoms in total.